The minimum absolute atomic E-state index is 0.137. The first-order valence-corrected chi connectivity index (χ1v) is 6.45. The van der Waals surface area contributed by atoms with Crippen LogP contribution < -0.4 is 10.6 Å². The molecule has 0 aromatic carbocycles. The summed E-state index contributed by atoms with van der Waals surface area (Å²) in [7, 11) is 0. The van der Waals surface area contributed by atoms with Gasteiger partial charge in [-0.3, -0.25) is 4.79 Å². The maximum absolute atomic E-state index is 12.0. The van der Waals surface area contributed by atoms with E-state index in [2.05, 4.69) is 10.6 Å². The van der Waals surface area contributed by atoms with Crippen molar-refractivity contribution in [1.29, 1.82) is 0 Å². The molecule has 2 fully saturated rings. The summed E-state index contributed by atoms with van der Waals surface area (Å²) in [5, 5.41) is 15.8. The Bertz CT molecular complexity index is 231. The van der Waals surface area contributed by atoms with E-state index in [-0.39, 0.29) is 17.9 Å². The van der Waals surface area contributed by atoms with E-state index in [4.69, 9.17) is 0 Å². The van der Waals surface area contributed by atoms with Crippen molar-refractivity contribution in [3.8, 4) is 0 Å². The van der Waals surface area contributed by atoms with Crippen molar-refractivity contribution in [2.45, 2.75) is 50.7 Å². The summed E-state index contributed by atoms with van der Waals surface area (Å²) >= 11 is 0. The molecule has 16 heavy (non-hydrogen) atoms. The van der Waals surface area contributed by atoms with Crippen molar-refractivity contribution in [2.24, 2.45) is 5.92 Å². The largest absolute Gasteiger partial charge is 0.393 e. The molecular weight excluding hydrogens is 204 g/mol. The van der Waals surface area contributed by atoms with Crippen LogP contribution in [0.4, 0.5) is 0 Å². The van der Waals surface area contributed by atoms with E-state index in [1.807, 2.05) is 0 Å². The molecule has 0 aromatic heterocycles. The number of aliphatic hydroxyl groups is 1. The molecule has 1 aliphatic heterocycles. The van der Waals surface area contributed by atoms with Crippen LogP contribution in [0.5, 0.6) is 0 Å². The predicted octanol–water partition coefficient (Wildman–Crippen LogP) is 0.406. The van der Waals surface area contributed by atoms with Gasteiger partial charge in [-0.05, 0) is 51.6 Å². The first-order valence-electron chi connectivity index (χ1n) is 6.45. The first-order chi connectivity index (χ1) is 7.75. The molecule has 4 heteroatoms. The van der Waals surface area contributed by atoms with Gasteiger partial charge in [0.2, 0.25) is 5.91 Å². The van der Waals surface area contributed by atoms with Gasteiger partial charge in [0.25, 0.3) is 0 Å². The molecule has 2 aliphatic rings. The van der Waals surface area contributed by atoms with E-state index in [1.165, 1.54) is 0 Å². The van der Waals surface area contributed by atoms with Gasteiger partial charge in [0.05, 0.1) is 6.10 Å². The van der Waals surface area contributed by atoms with Gasteiger partial charge in [-0.25, -0.2) is 0 Å². The highest BCUT2D eigenvalue weighted by atomic mass is 16.3. The molecule has 3 N–H and O–H groups in total. The fraction of sp³-hybridized carbons (Fsp3) is 0.917. The zero-order valence-electron chi connectivity index (χ0n) is 9.74. The molecule has 92 valence electrons. The van der Waals surface area contributed by atoms with E-state index in [0.29, 0.717) is 6.04 Å². The van der Waals surface area contributed by atoms with Crippen LogP contribution in [-0.4, -0.2) is 36.2 Å². The summed E-state index contributed by atoms with van der Waals surface area (Å²) in [5.41, 5.74) is 0. The molecule has 1 saturated heterocycles. The lowest BCUT2D eigenvalue weighted by Gasteiger charge is -2.28. The standard InChI is InChI=1S/C12H22N2O2/c15-11-3-1-9(2-4-11)12(16)14-10-5-7-13-8-6-10/h9-11,13,15H,1-8H2,(H,14,16)/t9-,11-. The summed E-state index contributed by atoms with van der Waals surface area (Å²) in [6.45, 7) is 2.02. The lowest BCUT2D eigenvalue weighted by atomic mass is 9.86. The molecule has 1 heterocycles. The third kappa shape index (κ3) is 3.19. The average Bonchev–Trinajstić information content (AvgIpc) is 2.31. The van der Waals surface area contributed by atoms with E-state index in [1.54, 1.807) is 0 Å². The Kier molecular flexibility index (Phi) is 4.18. The Hall–Kier alpha value is -0.610. The number of carbonyl (C=O) groups excluding carboxylic acids is 1. The average molecular weight is 226 g/mol. The fourth-order valence-electron chi connectivity index (χ4n) is 2.62. The molecule has 4 nitrogen and oxygen atoms in total. The topological polar surface area (TPSA) is 61.4 Å². The monoisotopic (exact) mass is 226 g/mol. The molecule has 0 bridgehead atoms. The molecule has 0 radical (unpaired) electrons. The molecule has 0 atom stereocenters. The van der Waals surface area contributed by atoms with Gasteiger partial charge in [-0.2, -0.15) is 0 Å². The summed E-state index contributed by atoms with van der Waals surface area (Å²) in [5.74, 6) is 0.345. The molecule has 1 saturated carbocycles. The third-order valence-corrected chi connectivity index (χ3v) is 3.75. The minimum atomic E-state index is -0.178. The molecule has 1 amide bonds. The summed E-state index contributed by atoms with van der Waals surface area (Å²) in [6, 6.07) is 0.362. The Morgan fingerprint density at radius 1 is 1.06 bits per heavy atom. The highest BCUT2D eigenvalue weighted by Crippen LogP contribution is 2.24. The third-order valence-electron chi connectivity index (χ3n) is 3.75. The van der Waals surface area contributed by atoms with E-state index in [0.717, 1.165) is 51.6 Å². The number of aliphatic hydroxyl groups excluding tert-OH is 1. The summed E-state index contributed by atoms with van der Waals surface area (Å²) < 4.78 is 0. The van der Waals surface area contributed by atoms with Gasteiger partial charge < -0.3 is 15.7 Å². The normalized spacial score (nSPS) is 32.3. The molecular formula is C12H22N2O2. The van der Waals surface area contributed by atoms with Crippen molar-refractivity contribution in [3.63, 3.8) is 0 Å². The van der Waals surface area contributed by atoms with Crippen LogP contribution >= 0.6 is 0 Å². The van der Waals surface area contributed by atoms with E-state index in [9.17, 15) is 9.90 Å². The zero-order valence-corrected chi connectivity index (χ0v) is 9.74. The second-order valence-electron chi connectivity index (χ2n) is 5.04. The van der Waals surface area contributed by atoms with Gasteiger partial charge in [-0.1, -0.05) is 0 Å². The van der Waals surface area contributed by atoms with Crippen LogP contribution in [0.3, 0.4) is 0 Å². The second kappa shape index (κ2) is 5.64. The van der Waals surface area contributed by atoms with Crippen molar-refractivity contribution in [2.75, 3.05) is 13.1 Å². The van der Waals surface area contributed by atoms with Crippen LogP contribution in [0.25, 0.3) is 0 Å². The Morgan fingerprint density at radius 2 is 1.69 bits per heavy atom. The van der Waals surface area contributed by atoms with E-state index >= 15 is 0 Å². The molecule has 0 aromatic rings. The number of hydrogen-bond donors (Lipinski definition) is 3. The van der Waals surface area contributed by atoms with Crippen LogP contribution in [0.1, 0.15) is 38.5 Å². The van der Waals surface area contributed by atoms with E-state index < -0.39 is 0 Å². The lowest BCUT2D eigenvalue weighted by Crippen LogP contribution is -2.45. The summed E-state index contributed by atoms with van der Waals surface area (Å²) in [4.78, 5) is 12.0. The maximum Gasteiger partial charge on any atom is 0.223 e. The smallest absolute Gasteiger partial charge is 0.223 e. The highest BCUT2D eigenvalue weighted by molar-refractivity contribution is 5.79. The molecule has 1 aliphatic carbocycles. The molecule has 0 spiro atoms. The van der Waals surface area contributed by atoms with Gasteiger partial charge in [0.1, 0.15) is 0 Å². The van der Waals surface area contributed by atoms with Crippen LogP contribution in [0, 0.1) is 5.92 Å². The van der Waals surface area contributed by atoms with Crippen molar-refractivity contribution >= 4 is 5.91 Å². The second-order valence-corrected chi connectivity index (χ2v) is 5.04. The van der Waals surface area contributed by atoms with Crippen LogP contribution in [0.2, 0.25) is 0 Å². The predicted molar refractivity (Wildman–Crippen MR) is 62.0 cm³/mol. The van der Waals surface area contributed by atoms with Gasteiger partial charge in [0.15, 0.2) is 0 Å². The Morgan fingerprint density at radius 3 is 2.31 bits per heavy atom. The minimum Gasteiger partial charge on any atom is -0.393 e. The Balaban J connectivity index is 1.74. The quantitative estimate of drug-likeness (QED) is 0.639. The number of hydrogen-bond acceptors (Lipinski definition) is 3. The van der Waals surface area contributed by atoms with Gasteiger partial charge in [0, 0.05) is 12.0 Å². The van der Waals surface area contributed by atoms with Crippen LogP contribution in [-0.2, 0) is 4.79 Å². The number of nitrogens with one attached hydrogen (secondary N) is 2. The maximum atomic E-state index is 12.0. The zero-order chi connectivity index (χ0) is 11.4. The number of rotatable bonds is 2. The number of piperidine rings is 1. The lowest BCUT2D eigenvalue weighted by molar-refractivity contribution is -0.127. The first kappa shape index (κ1) is 11.9. The number of amides is 1. The van der Waals surface area contributed by atoms with Gasteiger partial charge >= 0.3 is 0 Å². The Labute approximate surface area is 96.8 Å². The van der Waals surface area contributed by atoms with Crippen molar-refractivity contribution < 1.29 is 9.90 Å². The molecule has 2 rings (SSSR count). The van der Waals surface area contributed by atoms with Crippen molar-refractivity contribution in [3.05, 3.63) is 0 Å². The fourth-order valence-corrected chi connectivity index (χ4v) is 2.62. The summed E-state index contributed by atoms with van der Waals surface area (Å²) in [6.07, 6.45) is 5.16. The van der Waals surface area contributed by atoms with Gasteiger partial charge in [-0.15, -0.1) is 0 Å². The van der Waals surface area contributed by atoms with Crippen molar-refractivity contribution in [1.82, 2.24) is 10.6 Å². The highest BCUT2D eigenvalue weighted by Gasteiger charge is 2.26. The SMILES string of the molecule is O=C(NC1CCNCC1)[C@H]1CC[C@H](O)CC1. The van der Waals surface area contributed by atoms with Crippen LogP contribution in [0.15, 0.2) is 0 Å². The number of carbonyl (C=O) groups is 1. The molecule has 0 unspecified atom stereocenters.